The first-order chi connectivity index (χ1) is 17.2. The van der Waals surface area contributed by atoms with Gasteiger partial charge in [0.25, 0.3) is 5.91 Å². The molecule has 1 aliphatic rings. The van der Waals surface area contributed by atoms with Crippen LogP contribution >= 0.6 is 0 Å². The summed E-state index contributed by atoms with van der Waals surface area (Å²) in [5.74, 6) is 0.306. The number of hydrogen-bond donors (Lipinski definition) is 2. The average molecular weight is 467 g/mol. The molecule has 2 aromatic carbocycles. The molecule has 0 spiro atoms. The maximum atomic E-state index is 12.8. The molecule has 0 aliphatic carbocycles. The zero-order valence-electron chi connectivity index (χ0n) is 19.2. The molecule has 4 aromatic rings. The van der Waals surface area contributed by atoms with Gasteiger partial charge in [0, 0.05) is 60.7 Å². The second kappa shape index (κ2) is 10.9. The number of morpholine rings is 1. The normalized spacial score (nSPS) is 13.8. The molecule has 8 heteroatoms. The van der Waals surface area contributed by atoms with Gasteiger partial charge in [-0.15, -0.1) is 0 Å². The number of nitrogens with one attached hydrogen (secondary N) is 2. The zero-order chi connectivity index (χ0) is 23.9. The summed E-state index contributed by atoms with van der Waals surface area (Å²) in [6.07, 6.45) is 5.19. The smallest absolute Gasteiger partial charge is 0.255 e. The monoisotopic (exact) mass is 466 g/mol. The lowest BCUT2D eigenvalue weighted by Crippen LogP contribution is -2.35. The number of benzene rings is 2. The van der Waals surface area contributed by atoms with Gasteiger partial charge in [-0.1, -0.05) is 18.2 Å². The van der Waals surface area contributed by atoms with Gasteiger partial charge in [0.1, 0.15) is 0 Å². The van der Waals surface area contributed by atoms with E-state index in [1.165, 1.54) is 5.56 Å². The molecule has 1 saturated heterocycles. The molecule has 1 fully saturated rings. The Kier molecular flexibility index (Phi) is 7.02. The van der Waals surface area contributed by atoms with Crippen molar-refractivity contribution in [3.8, 4) is 11.3 Å². The van der Waals surface area contributed by atoms with Crippen molar-refractivity contribution in [2.75, 3.05) is 36.9 Å². The van der Waals surface area contributed by atoms with Crippen molar-refractivity contribution in [1.29, 1.82) is 0 Å². The van der Waals surface area contributed by atoms with Crippen LogP contribution in [0.5, 0.6) is 0 Å². The van der Waals surface area contributed by atoms with E-state index in [-0.39, 0.29) is 5.91 Å². The van der Waals surface area contributed by atoms with E-state index in [2.05, 4.69) is 30.5 Å². The third-order valence-electron chi connectivity index (χ3n) is 5.72. The maximum absolute atomic E-state index is 12.8. The number of pyridine rings is 1. The van der Waals surface area contributed by atoms with Crippen LogP contribution < -0.4 is 10.6 Å². The number of rotatable bonds is 7. The third kappa shape index (κ3) is 6.06. The molecule has 35 heavy (non-hydrogen) atoms. The zero-order valence-corrected chi connectivity index (χ0v) is 19.2. The number of ether oxygens (including phenoxy) is 1. The van der Waals surface area contributed by atoms with Crippen LogP contribution in [0.3, 0.4) is 0 Å². The van der Waals surface area contributed by atoms with Gasteiger partial charge in [0.2, 0.25) is 5.95 Å². The fourth-order valence-electron chi connectivity index (χ4n) is 3.88. The summed E-state index contributed by atoms with van der Waals surface area (Å²) < 4.78 is 5.40. The molecule has 0 unspecified atom stereocenters. The van der Waals surface area contributed by atoms with Crippen molar-refractivity contribution in [1.82, 2.24) is 19.9 Å². The molecule has 0 atom stereocenters. The first kappa shape index (κ1) is 22.6. The van der Waals surface area contributed by atoms with E-state index in [0.29, 0.717) is 17.2 Å². The minimum absolute atomic E-state index is 0.158. The summed E-state index contributed by atoms with van der Waals surface area (Å²) in [6, 6.07) is 20.9. The molecule has 8 nitrogen and oxygen atoms in total. The van der Waals surface area contributed by atoms with E-state index >= 15 is 0 Å². The van der Waals surface area contributed by atoms with Gasteiger partial charge in [0.15, 0.2) is 0 Å². The van der Waals surface area contributed by atoms with Crippen LogP contribution in [0.15, 0.2) is 85.3 Å². The number of carbonyl (C=O) groups is 1. The van der Waals surface area contributed by atoms with E-state index < -0.39 is 0 Å². The lowest BCUT2D eigenvalue weighted by Gasteiger charge is -2.26. The van der Waals surface area contributed by atoms with Gasteiger partial charge in [0.05, 0.1) is 18.9 Å². The Bertz CT molecular complexity index is 1270. The fraction of sp³-hybridized carbons (Fsp3) is 0.185. The average Bonchev–Trinajstić information content (AvgIpc) is 2.91. The Morgan fingerprint density at radius 1 is 0.943 bits per heavy atom. The predicted octanol–water partition coefficient (Wildman–Crippen LogP) is 4.37. The van der Waals surface area contributed by atoms with E-state index in [0.717, 1.165) is 49.8 Å². The van der Waals surface area contributed by atoms with E-state index in [4.69, 9.17) is 4.74 Å². The second-order valence-corrected chi connectivity index (χ2v) is 8.25. The first-order valence-corrected chi connectivity index (χ1v) is 11.5. The van der Waals surface area contributed by atoms with Gasteiger partial charge in [-0.3, -0.25) is 14.7 Å². The molecule has 3 heterocycles. The SMILES string of the molecule is O=C(Nc1cccc(Nc2nccc(-c3cccnc3)n2)c1)c1ccc(CN2CCOCC2)cc1. The van der Waals surface area contributed by atoms with Crippen molar-refractivity contribution >= 4 is 23.2 Å². The Hall–Kier alpha value is -4.14. The molecule has 1 aliphatic heterocycles. The Balaban J connectivity index is 1.22. The lowest BCUT2D eigenvalue weighted by molar-refractivity contribution is 0.0342. The third-order valence-corrected chi connectivity index (χ3v) is 5.72. The van der Waals surface area contributed by atoms with Crippen molar-refractivity contribution < 1.29 is 9.53 Å². The van der Waals surface area contributed by atoms with Crippen LogP contribution in [0.1, 0.15) is 15.9 Å². The molecule has 0 radical (unpaired) electrons. The Morgan fingerprint density at radius 3 is 2.57 bits per heavy atom. The molecule has 1 amide bonds. The maximum Gasteiger partial charge on any atom is 0.255 e. The standard InChI is InChI=1S/C27H26N6O2/c34-26(21-8-6-20(7-9-21)19-33-13-15-35-16-14-33)30-23-4-1-5-24(17-23)31-27-29-12-10-25(32-27)22-3-2-11-28-18-22/h1-12,17-18H,13-16,19H2,(H,30,34)(H,29,31,32). The number of hydrogen-bond acceptors (Lipinski definition) is 7. The summed E-state index contributed by atoms with van der Waals surface area (Å²) in [5, 5.41) is 6.17. The number of carbonyl (C=O) groups excluding carboxylic acids is 1. The van der Waals surface area contributed by atoms with Crippen LogP contribution in [0.25, 0.3) is 11.3 Å². The predicted molar refractivity (Wildman–Crippen MR) is 135 cm³/mol. The van der Waals surface area contributed by atoms with Gasteiger partial charge in [-0.25, -0.2) is 9.97 Å². The van der Waals surface area contributed by atoms with E-state index in [1.54, 1.807) is 18.6 Å². The number of amides is 1. The highest BCUT2D eigenvalue weighted by molar-refractivity contribution is 6.04. The molecule has 0 saturated carbocycles. The van der Waals surface area contributed by atoms with Crippen molar-refractivity contribution in [3.63, 3.8) is 0 Å². The molecule has 5 rings (SSSR count). The highest BCUT2D eigenvalue weighted by atomic mass is 16.5. The van der Waals surface area contributed by atoms with Crippen molar-refractivity contribution in [2.45, 2.75) is 6.54 Å². The molecule has 2 N–H and O–H groups in total. The first-order valence-electron chi connectivity index (χ1n) is 11.5. The van der Waals surface area contributed by atoms with Gasteiger partial charge in [-0.2, -0.15) is 0 Å². The minimum Gasteiger partial charge on any atom is -0.379 e. The summed E-state index contributed by atoms with van der Waals surface area (Å²) >= 11 is 0. The van der Waals surface area contributed by atoms with E-state index in [9.17, 15) is 4.79 Å². The largest absolute Gasteiger partial charge is 0.379 e. The highest BCUT2D eigenvalue weighted by Gasteiger charge is 2.12. The van der Waals surface area contributed by atoms with Gasteiger partial charge < -0.3 is 15.4 Å². The second-order valence-electron chi connectivity index (χ2n) is 8.25. The van der Waals surface area contributed by atoms with Crippen molar-refractivity contribution in [2.24, 2.45) is 0 Å². The fourth-order valence-corrected chi connectivity index (χ4v) is 3.88. The number of nitrogens with zero attached hydrogens (tertiary/aromatic N) is 4. The topological polar surface area (TPSA) is 92.3 Å². The van der Waals surface area contributed by atoms with Crippen molar-refractivity contribution in [3.05, 3.63) is 96.4 Å². The molecule has 176 valence electrons. The number of aromatic nitrogens is 3. The van der Waals surface area contributed by atoms with Crippen LogP contribution in [0.2, 0.25) is 0 Å². The molecule has 0 bridgehead atoms. The molecular formula is C27H26N6O2. The van der Waals surface area contributed by atoms with Gasteiger partial charge >= 0.3 is 0 Å². The summed E-state index contributed by atoms with van der Waals surface area (Å²) in [6.45, 7) is 4.28. The van der Waals surface area contributed by atoms with Crippen LogP contribution in [-0.2, 0) is 11.3 Å². The van der Waals surface area contributed by atoms with Gasteiger partial charge in [-0.05, 0) is 54.1 Å². The van der Waals surface area contributed by atoms with Crippen LogP contribution in [0, 0.1) is 0 Å². The quantitative estimate of drug-likeness (QED) is 0.418. The summed E-state index contributed by atoms with van der Waals surface area (Å²) in [4.78, 5) is 28.2. The minimum atomic E-state index is -0.158. The molecule has 2 aromatic heterocycles. The highest BCUT2D eigenvalue weighted by Crippen LogP contribution is 2.21. The number of anilines is 3. The van der Waals surface area contributed by atoms with Crippen LogP contribution in [-0.4, -0.2) is 52.1 Å². The van der Waals surface area contributed by atoms with Crippen LogP contribution in [0.4, 0.5) is 17.3 Å². The molecular weight excluding hydrogens is 440 g/mol. The summed E-state index contributed by atoms with van der Waals surface area (Å²) in [7, 11) is 0. The lowest BCUT2D eigenvalue weighted by atomic mass is 10.1. The summed E-state index contributed by atoms with van der Waals surface area (Å²) in [5.41, 5.74) is 4.93. The van der Waals surface area contributed by atoms with E-state index in [1.807, 2.05) is 66.7 Å². The Morgan fingerprint density at radius 2 is 1.77 bits per heavy atom. The Labute approximate surface area is 204 Å².